The summed E-state index contributed by atoms with van der Waals surface area (Å²) in [5, 5.41) is 0. The van der Waals surface area contributed by atoms with Gasteiger partial charge in [-0.15, -0.1) is 0 Å². The lowest BCUT2D eigenvalue weighted by Gasteiger charge is -1.93. The minimum atomic E-state index is -3.34. The Labute approximate surface area is 96.2 Å². The van der Waals surface area contributed by atoms with Crippen molar-refractivity contribution in [3.63, 3.8) is 0 Å². The molecule has 0 aliphatic carbocycles. The molecular formula is C4H7N2O7PS2. The molecule has 0 bridgehead atoms. The number of hydrogen-bond acceptors (Lipinski definition) is 7. The molecule has 9 nitrogen and oxygen atoms in total. The van der Waals surface area contributed by atoms with Crippen LogP contribution in [0.5, 0.6) is 0 Å². The molecule has 0 radical (unpaired) electrons. The fourth-order valence-electron chi connectivity index (χ4n) is 0.384. The van der Waals surface area contributed by atoms with Crippen molar-refractivity contribution in [1.29, 1.82) is 0 Å². The summed E-state index contributed by atoms with van der Waals surface area (Å²) in [5.41, 5.74) is 0. The van der Waals surface area contributed by atoms with E-state index in [1.165, 1.54) is 6.33 Å². The van der Waals surface area contributed by atoms with Crippen molar-refractivity contribution in [3.8, 4) is 0 Å². The van der Waals surface area contributed by atoms with Gasteiger partial charge in [0.05, 0.1) is 0 Å². The molecule has 12 heteroatoms. The largest absolute Gasteiger partial charge is 0.348 e. The van der Waals surface area contributed by atoms with Crippen molar-refractivity contribution in [3.05, 3.63) is 24.8 Å². The summed E-state index contributed by atoms with van der Waals surface area (Å²) in [4.78, 5) is 7.35. The van der Waals surface area contributed by atoms with E-state index >= 15 is 0 Å². The predicted octanol–water partition coefficient (Wildman–Crippen LogP) is 0.159. The molecule has 0 saturated heterocycles. The Morgan fingerprint density at radius 2 is 1.50 bits per heavy atom. The van der Waals surface area contributed by atoms with Crippen molar-refractivity contribution < 1.29 is 30.0 Å². The zero-order chi connectivity index (χ0) is 12.4. The molecular weight excluding hydrogens is 283 g/mol. The third-order valence-corrected chi connectivity index (χ3v) is 2.99. The highest BCUT2D eigenvalue weighted by Crippen LogP contribution is 2.25. The molecule has 1 rings (SSSR count). The minimum absolute atomic E-state index is 1.50. The van der Waals surface area contributed by atoms with E-state index in [0.717, 1.165) is 0 Å². The van der Waals surface area contributed by atoms with Gasteiger partial charge in [0.25, 0.3) is 0 Å². The second-order valence-electron chi connectivity index (χ2n) is 1.76. The molecule has 92 valence electrons. The van der Waals surface area contributed by atoms with E-state index in [9.17, 15) is 13.0 Å². The molecule has 0 aliphatic rings. The van der Waals surface area contributed by atoms with Crippen LogP contribution in [-0.2, 0) is 35.2 Å². The van der Waals surface area contributed by atoms with Gasteiger partial charge in [0.15, 0.2) is 0 Å². The summed E-state index contributed by atoms with van der Waals surface area (Å²) < 4.78 is 52.2. The van der Waals surface area contributed by atoms with Gasteiger partial charge < -0.3 is 0 Å². The van der Waals surface area contributed by atoms with Gasteiger partial charge in [-0.05, 0) is 6.07 Å². The van der Waals surface area contributed by atoms with Gasteiger partial charge in [-0.2, -0.15) is 16.4 Å². The molecule has 1 aromatic heterocycles. The number of rotatable bonds is 4. The number of aromatic nitrogens is 2. The van der Waals surface area contributed by atoms with E-state index < -0.39 is 31.0 Å². The Hall–Kier alpha value is -0.550. The third kappa shape index (κ3) is 11.5. The van der Waals surface area contributed by atoms with Crippen LogP contribution in [0.25, 0.3) is 0 Å². The summed E-state index contributed by atoms with van der Waals surface area (Å²) in [7, 11) is -3.34. The molecule has 0 saturated carbocycles. The smallest absolute Gasteiger partial charge is 0.284 e. The van der Waals surface area contributed by atoms with Crippen LogP contribution in [0.1, 0.15) is 0 Å². The monoisotopic (exact) mass is 290 g/mol. The first kappa shape index (κ1) is 15.4. The van der Waals surface area contributed by atoms with E-state index in [1.807, 2.05) is 0 Å². The Morgan fingerprint density at radius 3 is 1.69 bits per heavy atom. The molecule has 1 heterocycles. The Kier molecular flexibility index (Phi) is 9.33. The van der Waals surface area contributed by atoms with E-state index in [2.05, 4.69) is 17.9 Å². The third-order valence-electron chi connectivity index (χ3n) is 0.756. The lowest BCUT2D eigenvalue weighted by molar-refractivity contribution is 0.388. The van der Waals surface area contributed by atoms with Gasteiger partial charge in [-0.1, -0.05) is 0 Å². The molecule has 0 spiro atoms. The van der Waals surface area contributed by atoms with Gasteiger partial charge in [0.1, 0.15) is 6.33 Å². The molecule has 2 atom stereocenters. The molecule has 16 heavy (non-hydrogen) atoms. The lowest BCUT2D eigenvalue weighted by atomic mass is 10.7. The van der Waals surface area contributed by atoms with Gasteiger partial charge in [0.2, 0.25) is 0 Å². The average molecular weight is 290 g/mol. The maximum Gasteiger partial charge on any atom is 0.348 e. The van der Waals surface area contributed by atoms with Crippen LogP contribution in [-0.4, -0.2) is 27.5 Å². The highest BCUT2D eigenvalue weighted by molar-refractivity contribution is 7.82. The van der Waals surface area contributed by atoms with Gasteiger partial charge in [-0.25, -0.2) is 9.97 Å². The number of nitrogens with zero attached hydrogens (tertiary/aromatic N) is 2. The fourth-order valence-corrected chi connectivity index (χ4v) is 1.68. The maximum absolute atomic E-state index is 10.1. The zero-order valence-electron chi connectivity index (χ0n) is 7.46. The van der Waals surface area contributed by atoms with Crippen LogP contribution in [0.2, 0.25) is 0 Å². The SMILES string of the molecule is O=[PH](OS(=O)O)OS(=O)O.c1cncnc1. The van der Waals surface area contributed by atoms with Crippen molar-refractivity contribution in [2.24, 2.45) is 0 Å². The van der Waals surface area contributed by atoms with E-state index in [0.29, 0.717) is 0 Å². The second kappa shape index (κ2) is 9.66. The predicted molar refractivity (Wildman–Crippen MR) is 54.7 cm³/mol. The van der Waals surface area contributed by atoms with Crippen LogP contribution in [0.15, 0.2) is 24.8 Å². The first-order chi connectivity index (χ1) is 7.52. The van der Waals surface area contributed by atoms with E-state index in [1.54, 1.807) is 18.5 Å². The second-order valence-corrected chi connectivity index (χ2v) is 4.46. The minimum Gasteiger partial charge on any atom is -0.284 e. The molecule has 0 amide bonds. The van der Waals surface area contributed by atoms with Crippen LogP contribution in [0.4, 0.5) is 0 Å². The quantitative estimate of drug-likeness (QED) is 0.586. The van der Waals surface area contributed by atoms with Gasteiger partial charge >= 0.3 is 31.0 Å². The topological polar surface area (TPSA) is 136 Å². The van der Waals surface area contributed by atoms with Crippen LogP contribution >= 0.6 is 8.25 Å². The first-order valence-electron chi connectivity index (χ1n) is 3.34. The Balaban J connectivity index is 0.000000315. The molecule has 1 aromatic rings. The Morgan fingerprint density at radius 1 is 1.06 bits per heavy atom. The first-order valence-corrected chi connectivity index (χ1v) is 6.63. The summed E-state index contributed by atoms with van der Waals surface area (Å²) in [5.74, 6) is 0. The van der Waals surface area contributed by atoms with E-state index in [4.69, 9.17) is 9.11 Å². The summed E-state index contributed by atoms with van der Waals surface area (Å²) >= 11 is -5.50. The maximum atomic E-state index is 10.1. The van der Waals surface area contributed by atoms with Crippen LogP contribution < -0.4 is 0 Å². The standard InChI is InChI=1S/C4H4N2.H3O7PS2/c1-2-5-4-6-3-1;1-8(6-9(2)3)7-10(4)5/h1-4H;8H,(H,2,3)(H,4,5). The van der Waals surface area contributed by atoms with Crippen molar-refractivity contribution in [2.45, 2.75) is 0 Å². The van der Waals surface area contributed by atoms with Crippen molar-refractivity contribution >= 4 is 31.0 Å². The highest BCUT2D eigenvalue weighted by atomic mass is 32.2. The molecule has 0 aromatic carbocycles. The summed E-state index contributed by atoms with van der Waals surface area (Å²) in [6, 6.07) is 1.78. The number of hydrogen-bond donors (Lipinski definition) is 2. The lowest BCUT2D eigenvalue weighted by Crippen LogP contribution is -1.90. The average Bonchev–Trinajstić information content (AvgIpc) is 2.18. The van der Waals surface area contributed by atoms with Crippen molar-refractivity contribution in [1.82, 2.24) is 9.97 Å². The summed E-state index contributed by atoms with van der Waals surface area (Å²) in [6.07, 6.45) is 4.88. The molecule has 0 fully saturated rings. The van der Waals surface area contributed by atoms with Gasteiger partial charge in [0, 0.05) is 12.4 Å². The zero-order valence-corrected chi connectivity index (χ0v) is 10.1. The van der Waals surface area contributed by atoms with Crippen LogP contribution in [0.3, 0.4) is 0 Å². The normalized spacial score (nSPS) is 15.4. The highest BCUT2D eigenvalue weighted by Gasteiger charge is 2.06. The van der Waals surface area contributed by atoms with Gasteiger partial charge in [-0.3, -0.25) is 13.7 Å². The molecule has 0 aliphatic heterocycles. The van der Waals surface area contributed by atoms with Crippen molar-refractivity contribution in [2.75, 3.05) is 0 Å². The van der Waals surface area contributed by atoms with E-state index in [-0.39, 0.29) is 0 Å². The molecule has 2 N–H and O–H groups in total. The summed E-state index contributed by atoms with van der Waals surface area (Å²) in [6.45, 7) is 0. The Bertz CT molecular complexity index is 318. The fraction of sp³-hybridized carbons (Fsp3) is 0. The van der Waals surface area contributed by atoms with Crippen LogP contribution in [0, 0.1) is 0 Å². The molecule has 2 unspecified atom stereocenters.